The van der Waals surface area contributed by atoms with Gasteiger partial charge in [-0.25, -0.2) is 14.6 Å². The minimum absolute atomic E-state index is 0.154. The van der Waals surface area contributed by atoms with E-state index in [0.29, 0.717) is 0 Å². The molecular weight excluding hydrogens is 254 g/mol. The molecule has 0 aliphatic heterocycles. The number of hydrogen-bond acceptors (Lipinski definition) is 5. The van der Waals surface area contributed by atoms with Crippen molar-refractivity contribution < 1.29 is 0 Å². The number of anilines is 1. The van der Waals surface area contributed by atoms with Crippen molar-refractivity contribution in [3.05, 3.63) is 48.9 Å². The first-order chi connectivity index (χ1) is 9.74. The van der Waals surface area contributed by atoms with Crippen molar-refractivity contribution in [1.29, 1.82) is 0 Å². The van der Waals surface area contributed by atoms with E-state index in [2.05, 4.69) is 32.4 Å². The Morgan fingerprint density at radius 3 is 2.70 bits per heavy atom. The lowest BCUT2D eigenvalue weighted by molar-refractivity contribution is 0.675. The number of hydrogen-bond donors (Lipinski definition) is 1. The molecule has 3 heterocycles. The van der Waals surface area contributed by atoms with Gasteiger partial charge in [0.05, 0.1) is 23.6 Å². The van der Waals surface area contributed by atoms with Crippen LogP contribution in [0.1, 0.15) is 18.7 Å². The lowest BCUT2D eigenvalue weighted by atomic mass is 10.2. The van der Waals surface area contributed by atoms with Crippen molar-refractivity contribution in [3.63, 3.8) is 0 Å². The van der Waals surface area contributed by atoms with E-state index in [9.17, 15) is 0 Å². The Labute approximate surface area is 116 Å². The molecule has 3 rings (SSSR count). The predicted octanol–water partition coefficient (Wildman–Crippen LogP) is 1.57. The summed E-state index contributed by atoms with van der Waals surface area (Å²) in [6.45, 7) is 2.09. The number of nitrogens with zero attached hydrogens (tertiary/aromatic N) is 6. The van der Waals surface area contributed by atoms with E-state index in [-0.39, 0.29) is 6.04 Å². The molecule has 0 spiro atoms. The fraction of sp³-hybridized carbons (Fsp3) is 0.231. The summed E-state index contributed by atoms with van der Waals surface area (Å²) in [4.78, 5) is 8.25. The Hall–Kier alpha value is -2.70. The zero-order valence-corrected chi connectivity index (χ0v) is 11.3. The number of rotatable bonds is 4. The molecule has 0 radical (unpaired) electrons. The second kappa shape index (κ2) is 5.12. The second-order valence-corrected chi connectivity index (χ2v) is 4.49. The highest BCUT2D eigenvalue weighted by Gasteiger charge is 2.09. The number of aryl methyl sites for hydroxylation is 1. The standard InChI is InChI=1S/C13H15N7/c1-10(12-5-6-16-19(12)2)18-11-3-4-13(15-7-11)20-9-14-8-17-20/h3-10,18H,1-2H3. The van der Waals surface area contributed by atoms with Crippen LogP contribution in [0.4, 0.5) is 5.69 Å². The third-order valence-electron chi connectivity index (χ3n) is 3.09. The topological polar surface area (TPSA) is 73.5 Å². The molecule has 0 aromatic carbocycles. The van der Waals surface area contributed by atoms with E-state index in [1.165, 1.54) is 6.33 Å². The maximum absolute atomic E-state index is 4.35. The molecular formula is C13H15N7. The van der Waals surface area contributed by atoms with Crippen molar-refractivity contribution >= 4 is 5.69 Å². The molecule has 0 amide bonds. The summed E-state index contributed by atoms with van der Waals surface area (Å²) in [7, 11) is 1.93. The quantitative estimate of drug-likeness (QED) is 0.778. The molecule has 1 unspecified atom stereocenters. The van der Waals surface area contributed by atoms with Gasteiger partial charge in [0.2, 0.25) is 0 Å². The molecule has 7 heteroatoms. The predicted molar refractivity (Wildman–Crippen MR) is 74.4 cm³/mol. The lowest BCUT2D eigenvalue weighted by Crippen LogP contribution is -2.11. The summed E-state index contributed by atoms with van der Waals surface area (Å²) in [6.07, 6.45) is 6.68. The fourth-order valence-electron chi connectivity index (χ4n) is 2.07. The summed E-state index contributed by atoms with van der Waals surface area (Å²) in [5.74, 6) is 0.737. The van der Waals surface area contributed by atoms with Crippen LogP contribution in [0.25, 0.3) is 5.82 Å². The Balaban J connectivity index is 1.74. The molecule has 0 saturated heterocycles. The van der Waals surface area contributed by atoms with E-state index in [4.69, 9.17) is 0 Å². The summed E-state index contributed by atoms with van der Waals surface area (Å²) < 4.78 is 3.48. The third kappa shape index (κ3) is 2.37. The molecule has 0 saturated carbocycles. The van der Waals surface area contributed by atoms with Crippen LogP contribution in [-0.4, -0.2) is 29.5 Å². The summed E-state index contributed by atoms with van der Waals surface area (Å²) in [5.41, 5.74) is 2.06. The van der Waals surface area contributed by atoms with E-state index >= 15 is 0 Å². The molecule has 20 heavy (non-hydrogen) atoms. The van der Waals surface area contributed by atoms with Gasteiger partial charge in [0.1, 0.15) is 12.7 Å². The maximum Gasteiger partial charge on any atom is 0.155 e. The van der Waals surface area contributed by atoms with Crippen molar-refractivity contribution in [2.45, 2.75) is 13.0 Å². The van der Waals surface area contributed by atoms with Gasteiger partial charge in [-0.3, -0.25) is 4.68 Å². The number of pyridine rings is 1. The Morgan fingerprint density at radius 2 is 2.10 bits per heavy atom. The third-order valence-corrected chi connectivity index (χ3v) is 3.09. The molecule has 102 valence electrons. The normalized spacial score (nSPS) is 12.3. The van der Waals surface area contributed by atoms with Crippen molar-refractivity contribution in [3.8, 4) is 5.82 Å². The second-order valence-electron chi connectivity index (χ2n) is 4.49. The van der Waals surface area contributed by atoms with Gasteiger partial charge in [0.15, 0.2) is 5.82 Å². The average molecular weight is 269 g/mol. The van der Waals surface area contributed by atoms with Crippen LogP contribution in [0.5, 0.6) is 0 Å². The van der Waals surface area contributed by atoms with Crippen LogP contribution in [0.3, 0.4) is 0 Å². The van der Waals surface area contributed by atoms with E-state index in [1.807, 2.05) is 29.9 Å². The molecule has 3 aromatic heterocycles. The van der Waals surface area contributed by atoms with Crippen LogP contribution in [0.2, 0.25) is 0 Å². The molecule has 0 aliphatic carbocycles. The highest BCUT2D eigenvalue weighted by molar-refractivity contribution is 5.45. The molecule has 7 nitrogen and oxygen atoms in total. The van der Waals surface area contributed by atoms with Gasteiger partial charge >= 0.3 is 0 Å². The van der Waals surface area contributed by atoms with Crippen LogP contribution in [-0.2, 0) is 7.05 Å². The van der Waals surface area contributed by atoms with Gasteiger partial charge in [0, 0.05) is 13.2 Å². The van der Waals surface area contributed by atoms with E-state index in [1.54, 1.807) is 23.4 Å². The molecule has 0 bridgehead atoms. The molecule has 0 aliphatic rings. The lowest BCUT2D eigenvalue weighted by Gasteiger charge is -2.15. The van der Waals surface area contributed by atoms with E-state index in [0.717, 1.165) is 17.2 Å². The monoisotopic (exact) mass is 269 g/mol. The first kappa shape index (κ1) is 12.3. The summed E-state index contributed by atoms with van der Waals surface area (Å²) in [6, 6.07) is 6.01. The number of nitrogens with one attached hydrogen (secondary N) is 1. The fourth-order valence-corrected chi connectivity index (χ4v) is 2.07. The van der Waals surface area contributed by atoms with Crippen molar-refractivity contribution in [2.24, 2.45) is 7.05 Å². The minimum Gasteiger partial charge on any atom is -0.376 e. The zero-order chi connectivity index (χ0) is 13.9. The van der Waals surface area contributed by atoms with Gasteiger partial charge < -0.3 is 5.32 Å². The Kier molecular flexibility index (Phi) is 3.16. The van der Waals surface area contributed by atoms with Crippen LogP contribution < -0.4 is 5.32 Å². The average Bonchev–Trinajstić information content (AvgIpc) is 3.10. The van der Waals surface area contributed by atoms with Gasteiger partial charge in [0.25, 0.3) is 0 Å². The Morgan fingerprint density at radius 1 is 1.20 bits per heavy atom. The van der Waals surface area contributed by atoms with Crippen LogP contribution in [0, 0.1) is 0 Å². The number of aromatic nitrogens is 6. The first-order valence-electron chi connectivity index (χ1n) is 6.29. The van der Waals surface area contributed by atoms with Crippen molar-refractivity contribution in [2.75, 3.05) is 5.32 Å². The largest absolute Gasteiger partial charge is 0.376 e. The van der Waals surface area contributed by atoms with Crippen molar-refractivity contribution in [1.82, 2.24) is 29.5 Å². The first-order valence-corrected chi connectivity index (χ1v) is 6.29. The van der Waals surface area contributed by atoms with Crippen LogP contribution in [0.15, 0.2) is 43.2 Å². The summed E-state index contributed by atoms with van der Waals surface area (Å²) >= 11 is 0. The van der Waals surface area contributed by atoms with E-state index < -0.39 is 0 Å². The summed E-state index contributed by atoms with van der Waals surface area (Å²) in [5, 5.41) is 11.6. The minimum atomic E-state index is 0.154. The van der Waals surface area contributed by atoms with Gasteiger partial charge in [-0.05, 0) is 25.1 Å². The molecule has 0 fully saturated rings. The maximum atomic E-state index is 4.35. The molecule has 1 atom stereocenters. The highest BCUT2D eigenvalue weighted by atomic mass is 15.3. The van der Waals surface area contributed by atoms with Gasteiger partial charge in [-0.2, -0.15) is 10.2 Å². The van der Waals surface area contributed by atoms with Crippen LogP contribution >= 0.6 is 0 Å². The molecule has 1 N–H and O–H groups in total. The zero-order valence-electron chi connectivity index (χ0n) is 11.3. The smallest absolute Gasteiger partial charge is 0.155 e. The van der Waals surface area contributed by atoms with Gasteiger partial charge in [-0.15, -0.1) is 0 Å². The highest BCUT2D eigenvalue weighted by Crippen LogP contribution is 2.18. The van der Waals surface area contributed by atoms with Gasteiger partial charge in [-0.1, -0.05) is 0 Å². The SMILES string of the molecule is CC(Nc1ccc(-n2cncn2)nc1)c1ccnn1C. The Bertz CT molecular complexity index is 669. The molecule has 3 aromatic rings.